The molecule has 0 bridgehead atoms. The number of nitrogens with zero attached hydrogens (tertiary/aromatic N) is 3. The summed E-state index contributed by atoms with van der Waals surface area (Å²) >= 11 is 0. The Kier molecular flexibility index (Phi) is 5.37. The Morgan fingerprint density at radius 1 is 1.25 bits per heavy atom. The molecule has 0 atom stereocenters. The molecule has 1 aliphatic rings. The number of aromatic hydroxyl groups is 2. The number of hydrogen-bond donors (Lipinski definition) is 2. The molecule has 8 nitrogen and oxygen atoms in total. The lowest BCUT2D eigenvalue weighted by molar-refractivity contribution is -0.386. The van der Waals surface area contributed by atoms with Gasteiger partial charge in [0.1, 0.15) is 11.6 Å². The Morgan fingerprint density at radius 2 is 1.88 bits per heavy atom. The van der Waals surface area contributed by atoms with Crippen molar-refractivity contribution in [1.29, 1.82) is 5.26 Å². The van der Waals surface area contributed by atoms with Gasteiger partial charge in [0.25, 0.3) is 5.91 Å². The summed E-state index contributed by atoms with van der Waals surface area (Å²) in [6.07, 6.45) is 4.99. The summed E-state index contributed by atoms with van der Waals surface area (Å²) in [7, 11) is 0. The van der Waals surface area contributed by atoms with E-state index in [-0.39, 0.29) is 11.1 Å². The summed E-state index contributed by atoms with van der Waals surface area (Å²) < 4.78 is 0. The van der Waals surface area contributed by atoms with Gasteiger partial charge in [-0.15, -0.1) is 0 Å². The van der Waals surface area contributed by atoms with Gasteiger partial charge >= 0.3 is 5.69 Å². The maximum atomic E-state index is 12.4. The fourth-order valence-corrected chi connectivity index (χ4v) is 2.60. The molecule has 1 saturated heterocycles. The minimum absolute atomic E-state index is 0.0942. The Morgan fingerprint density at radius 3 is 2.42 bits per heavy atom. The maximum absolute atomic E-state index is 12.4. The molecule has 0 spiro atoms. The van der Waals surface area contributed by atoms with Crippen molar-refractivity contribution < 1.29 is 19.9 Å². The lowest BCUT2D eigenvalue weighted by atomic mass is 10.1. The Labute approximate surface area is 138 Å². The number of carbonyl (C=O) groups excluding carboxylic acids is 1. The van der Waals surface area contributed by atoms with Gasteiger partial charge in [-0.3, -0.25) is 14.9 Å². The van der Waals surface area contributed by atoms with Gasteiger partial charge in [0.05, 0.1) is 4.92 Å². The van der Waals surface area contributed by atoms with E-state index >= 15 is 0 Å². The van der Waals surface area contributed by atoms with Crippen molar-refractivity contribution in [3.63, 3.8) is 0 Å². The number of nitro benzene ring substituents is 1. The highest BCUT2D eigenvalue weighted by atomic mass is 16.6. The second-order valence-electron chi connectivity index (χ2n) is 5.54. The van der Waals surface area contributed by atoms with Crippen molar-refractivity contribution >= 4 is 17.7 Å². The van der Waals surface area contributed by atoms with Crippen molar-refractivity contribution in [2.24, 2.45) is 0 Å². The van der Waals surface area contributed by atoms with Crippen molar-refractivity contribution in [2.45, 2.75) is 25.7 Å². The van der Waals surface area contributed by atoms with E-state index in [0.717, 1.165) is 37.8 Å². The van der Waals surface area contributed by atoms with Crippen molar-refractivity contribution in [3.05, 3.63) is 33.4 Å². The van der Waals surface area contributed by atoms with Gasteiger partial charge in [-0.05, 0) is 30.5 Å². The zero-order valence-electron chi connectivity index (χ0n) is 12.9. The molecule has 1 aliphatic heterocycles. The van der Waals surface area contributed by atoms with Crippen LogP contribution in [-0.2, 0) is 4.79 Å². The van der Waals surface area contributed by atoms with E-state index in [2.05, 4.69) is 0 Å². The first-order chi connectivity index (χ1) is 11.4. The van der Waals surface area contributed by atoms with E-state index in [1.165, 1.54) is 6.08 Å². The van der Waals surface area contributed by atoms with E-state index in [4.69, 9.17) is 0 Å². The summed E-state index contributed by atoms with van der Waals surface area (Å²) in [4.78, 5) is 24.1. The van der Waals surface area contributed by atoms with Crippen LogP contribution in [0.3, 0.4) is 0 Å². The molecule has 1 heterocycles. The predicted molar refractivity (Wildman–Crippen MR) is 85.1 cm³/mol. The van der Waals surface area contributed by atoms with Crippen LogP contribution in [0.25, 0.3) is 6.08 Å². The molecule has 0 aromatic heterocycles. The molecule has 1 aromatic carbocycles. The molecule has 0 aliphatic carbocycles. The number of likely N-dealkylation sites (tertiary alicyclic amines) is 1. The highest BCUT2D eigenvalue weighted by Gasteiger charge is 2.22. The molecule has 1 amide bonds. The molecule has 0 saturated carbocycles. The molecule has 8 heteroatoms. The number of rotatable bonds is 3. The van der Waals surface area contributed by atoms with E-state index < -0.39 is 28.0 Å². The first-order valence-electron chi connectivity index (χ1n) is 7.55. The van der Waals surface area contributed by atoms with Gasteiger partial charge in [-0.2, -0.15) is 5.26 Å². The van der Waals surface area contributed by atoms with Crippen molar-refractivity contribution in [2.75, 3.05) is 13.1 Å². The third-order valence-electron chi connectivity index (χ3n) is 3.84. The summed E-state index contributed by atoms with van der Waals surface area (Å²) in [6, 6.07) is 3.87. The highest BCUT2D eigenvalue weighted by molar-refractivity contribution is 6.01. The molecule has 2 rings (SSSR count). The van der Waals surface area contributed by atoms with Crippen LogP contribution in [0, 0.1) is 21.4 Å². The van der Waals surface area contributed by atoms with E-state index in [1.807, 2.05) is 0 Å². The number of nitro groups is 1. The van der Waals surface area contributed by atoms with Crippen LogP contribution in [0.1, 0.15) is 31.2 Å². The van der Waals surface area contributed by atoms with E-state index in [0.29, 0.717) is 13.1 Å². The molecular formula is C16H17N3O5. The molecular weight excluding hydrogens is 314 g/mol. The largest absolute Gasteiger partial charge is 0.504 e. The summed E-state index contributed by atoms with van der Waals surface area (Å²) in [5.41, 5.74) is -0.770. The molecule has 0 radical (unpaired) electrons. The second kappa shape index (κ2) is 7.46. The van der Waals surface area contributed by atoms with Crippen LogP contribution in [-0.4, -0.2) is 39.0 Å². The lowest BCUT2D eigenvalue weighted by Gasteiger charge is -2.19. The standard InChI is InChI=1S/C16H17N3O5/c17-10-12(16(22)18-5-3-1-2-4-6-18)7-11-8-13(19(23)24)15(21)14(20)9-11/h7-9,20-21H,1-6H2/b12-7+. The number of hydrogen-bond acceptors (Lipinski definition) is 6. The Balaban J connectivity index is 2.35. The molecule has 24 heavy (non-hydrogen) atoms. The fourth-order valence-electron chi connectivity index (χ4n) is 2.60. The zero-order chi connectivity index (χ0) is 17.7. The number of nitriles is 1. The van der Waals surface area contributed by atoms with Crippen LogP contribution in [0.15, 0.2) is 17.7 Å². The molecule has 1 aromatic rings. The zero-order valence-corrected chi connectivity index (χ0v) is 12.9. The number of carbonyl (C=O) groups is 1. The Hall–Kier alpha value is -3.08. The molecule has 2 N–H and O–H groups in total. The first-order valence-corrected chi connectivity index (χ1v) is 7.55. The Bertz CT molecular complexity index is 728. The minimum Gasteiger partial charge on any atom is -0.504 e. The monoisotopic (exact) mass is 331 g/mol. The van der Waals surface area contributed by atoms with E-state index in [1.54, 1.807) is 11.0 Å². The third kappa shape index (κ3) is 3.81. The molecule has 0 unspecified atom stereocenters. The van der Waals surface area contributed by atoms with Crippen LogP contribution in [0.5, 0.6) is 11.5 Å². The number of amides is 1. The highest BCUT2D eigenvalue weighted by Crippen LogP contribution is 2.36. The normalized spacial score (nSPS) is 15.5. The van der Waals surface area contributed by atoms with Crippen molar-refractivity contribution in [1.82, 2.24) is 4.90 Å². The third-order valence-corrected chi connectivity index (χ3v) is 3.84. The lowest BCUT2D eigenvalue weighted by Crippen LogP contribution is -2.32. The average molecular weight is 331 g/mol. The van der Waals surface area contributed by atoms with Crippen LogP contribution >= 0.6 is 0 Å². The van der Waals surface area contributed by atoms with Gasteiger partial charge in [0.15, 0.2) is 5.75 Å². The van der Waals surface area contributed by atoms with Gasteiger partial charge < -0.3 is 15.1 Å². The molecule has 126 valence electrons. The van der Waals surface area contributed by atoms with Crippen LogP contribution < -0.4 is 0 Å². The van der Waals surface area contributed by atoms with Gasteiger partial charge in [-0.1, -0.05) is 12.8 Å². The number of phenolic OH excluding ortho intramolecular Hbond substituents is 2. The topological polar surface area (TPSA) is 128 Å². The SMILES string of the molecule is N#C/C(=C\c1cc(O)c(O)c([N+](=O)[O-])c1)C(=O)N1CCCCCC1. The summed E-state index contributed by atoms with van der Waals surface area (Å²) in [5.74, 6) is -1.97. The van der Waals surface area contributed by atoms with Gasteiger partial charge in [0, 0.05) is 19.2 Å². The number of phenols is 2. The quantitative estimate of drug-likeness (QED) is 0.287. The minimum atomic E-state index is -0.852. The average Bonchev–Trinajstić information content (AvgIpc) is 2.84. The van der Waals surface area contributed by atoms with Gasteiger partial charge in [-0.25, -0.2) is 0 Å². The second-order valence-corrected chi connectivity index (χ2v) is 5.54. The summed E-state index contributed by atoms with van der Waals surface area (Å²) in [6.45, 7) is 1.14. The molecule has 1 fully saturated rings. The fraction of sp³-hybridized carbons (Fsp3) is 0.375. The maximum Gasteiger partial charge on any atom is 0.315 e. The predicted octanol–water partition coefficient (Wildman–Crippen LogP) is 2.32. The van der Waals surface area contributed by atoms with Gasteiger partial charge in [0.2, 0.25) is 5.75 Å². The summed E-state index contributed by atoms with van der Waals surface area (Å²) in [5, 5.41) is 39.2. The smallest absolute Gasteiger partial charge is 0.315 e. The van der Waals surface area contributed by atoms with Crippen molar-refractivity contribution in [3.8, 4) is 17.6 Å². The van der Waals surface area contributed by atoms with Crippen LogP contribution in [0.4, 0.5) is 5.69 Å². The number of benzene rings is 1. The van der Waals surface area contributed by atoms with E-state index in [9.17, 15) is 30.4 Å². The first kappa shape index (κ1) is 17.3. The van der Waals surface area contributed by atoms with Crippen LogP contribution in [0.2, 0.25) is 0 Å².